The molecule has 0 bridgehead atoms. The van der Waals surface area contributed by atoms with Crippen molar-refractivity contribution in [3.8, 4) is 11.5 Å². The molecule has 0 saturated carbocycles. The van der Waals surface area contributed by atoms with Gasteiger partial charge < -0.3 is 14.3 Å². The first kappa shape index (κ1) is 12.4. The summed E-state index contributed by atoms with van der Waals surface area (Å²) in [5, 5.41) is 10.3. The average molecular weight is 252 g/mol. The number of benzene rings is 1. The molecule has 0 unspecified atom stereocenters. The van der Waals surface area contributed by atoms with Crippen LogP contribution in [0.4, 0.5) is 4.39 Å². The maximum Gasteiger partial charge on any atom is 0.336 e. The van der Waals surface area contributed by atoms with E-state index in [0.717, 1.165) is 0 Å². The standard InChI is InChI=1S/C13H13FO4/c14-5-1-2-6-17-12-8-11-9(7-10(12)15)3-4-13(16)18-11/h3-4,7-8,15H,1-2,5-6H2. The summed E-state index contributed by atoms with van der Waals surface area (Å²) in [7, 11) is 0. The second-order valence-corrected chi connectivity index (χ2v) is 3.86. The van der Waals surface area contributed by atoms with Crippen LogP contribution in [0.1, 0.15) is 12.8 Å². The summed E-state index contributed by atoms with van der Waals surface area (Å²) in [5.41, 5.74) is -0.114. The molecule has 1 aromatic heterocycles. The Labute approximate surface area is 103 Å². The maximum atomic E-state index is 11.9. The van der Waals surface area contributed by atoms with E-state index in [2.05, 4.69) is 0 Å². The predicted molar refractivity (Wildman–Crippen MR) is 64.9 cm³/mol. The van der Waals surface area contributed by atoms with E-state index in [4.69, 9.17) is 9.15 Å². The van der Waals surface area contributed by atoms with Gasteiger partial charge in [0.15, 0.2) is 11.5 Å². The monoisotopic (exact) mass is 252 g/mol. The summed E-state index contributed by atoms with van der Waals surface area (Å²) in [6.07, 6.45) is 0.982. The Kier molecular flexibility index (Phi) is 3.82. The molecular weight excluding hydrogens is 239 g/mol. The van der Waals surface area contributed by atoms with Crippen LogP contribution in [0.25, 0.3) is 11.0 Å². The molecule has 0 radical (unpaired) electrons. The summed E-state index contributed by atoms with van der Waals surface area (Å²) < 4.78 is 22.2. The number of rotatable bonds is 5. The van der Waals surface area contributed by atoms with E-state index in [1.807, 2.05) is 0 Å². The summed E-state index contributed by atoms with van der Waals surface area (Å²) in [6.45, 7) is -0.0814. The number of phenolic OH excluding ortho intramolecular Hbond substituents is 1. The van der Waals surface area contributed by atoms with Crippen molar-refractivity contribution in [2.45, 2.75) is 12.8 Å². The van der Waals surface area contributed by atoms with Crippen molar-refractivity contribution in [3.05, 3.63) is 34.7 Å². The molecule has 0 spiro atoms. The summed E-state index contributed by atoms with van der Waals surface area (Å²) in [5.74, 6) is 0.201. The Morgan fingerprint density at radius 2 is 2.11 bits per heavy atom. The lowest BCUT2D eigenvalue weighted by atomic mass is 10.2. The minimum Gasteiger partial charge on any atom is -0.504 e. The Morgan fingerprint density at radius 1 is 1.28 bits per heavy atom. The average Bonchev–Trinajstić information content (AvgIpc) is 2.35. The smallest absolute Gasteiger partial charge is 0.336 e. The third kappa shape index (κ3) is 2.80. The minimum atomic E-state index is -0.462. The van der Waals surface area contributed by atoms with Gasteiger partial charge in [-0.3, -0.25) is 4.39 Å². The summed E-state index contributed by atoms with van der Waals surface area (Å²) in [6, 6.07) is 5.77. The molecule has 2 rings (SSSR count). The third-order valence-corrected chi connectivity index (χ3v) is 2.49. The number of fused-ring (bicyclic) bond motifs is 1. The van der Waals surface area contributed by atoms with Crippen LogP contribution in [0.3, 0.4) is 0 Å². The van der Waals surface area contributed by atoms with E-state index in [1.165, 1.54) is 18.2 Å². The van der Waals surface area contributed by atoms with Gasteiger partial charge in [-0.2, -0.15) is 0 Å². The molecule has 0 saturated heterocycles. The highest BCUT2D eigenvalue weighted by Crippen LogP contribution is 2.30. The van der Waals surface area contributed by atoms with Gasteiger partial charge in [-0.05, 0) is 25.0 Å². The van der Waals surface area contributed by atoms with Crippen molar-refractivity contribution >= 4 is 11.0 Å². The number of hydrogen-bond acceptors (Lipinski definition) is 4. The Hall–Kier alpha value is -2.04. The van der Waals surface area contributed by atoms with Crippen LogP contribution in [-0.2, 0) is 0 Å². The van der Waals surface area contributed by atoms with Gasteiger partial charge in [0, 0.05) is 17.5 Å². The van der Waals surface area contributed by atoms with Crippen LogP contribution in [0.2, 0.25) is 0 Å². The van der Waals surface area contributed by atoms with Crippen molar-refractivity contribution in [3.63, 3.8) is 0 Å². The number of hydrogen-bond donors (Lipinski definition) is 1. The first-order valence-electron chi connectivity index (χ1n) is 5.66. The Morgan fingerprint density at radius 3 is 2.89 bits per heavy atom. The molecule has 1 heterocycles. The van der Waals surface area contributed by atoms with Gasteiger partial charge in [0.05, 0.1) is 13.3 Å². The first-order chi connectivity index (χ1) is 8.70. The Balaban J connectivity index is 2.22. The molecule has 4 nitrogen and oxygen atoms in total. The second-order valence-electron chi connectivity index (χ2n) is 3.86. The number of unbranched alkanes of at least 4 members (excludes halogenated alkanes) is 1. The first-order valence-corrected chi connectivity index (χ1v) is 5.66. The molecule has 0 fully saturated rings. The zero-order valence-electron chi connectivity index (χ0n) is 9.69. The highest BCUT2D eigenvalue weighted by molar-refractivity contribution is 5.80. The highest BCUT2D eigenvalue weighted by atomic mass is 19.1. The van der Waals surface area contributed by atoms with Gasteiger partial charge >= 0.3 is 5.63 Å². The zero-order valence-corrected chi connectivity index (χ0v) is 9.69. The lowest BCUT2D eigenvalue weighted by molar-refractivity contribution is 0.283. The molecule has 96 valence electrons. The van der Waals surface area contributed by atoms with E-state index < -0.39 is 5.63 Å². The van der Waals surface area contributed by atoms with Crippen molar-refractivity contribution in [1.82, 2.24) is 0 Å². The topological polar surface area (TPSA) is 59.7 Å². The molecular formula is C13H13FO4. The molecule has 18 heavy (non-hydrogen) atoms. The van der Waals surface area contributed by atoms with Crippen LogP contribution in [0.5, 0.6) is 11.5 Å². The summed E-state index contributed by atoms with van der Waals surface area (Å²) >= 11 is 0. The van der Waals surface area contributed by atoms with Gasteiger partial charge in [-0.1, -0.05) is 0 Å². The van der Waals surface area contributed by atoms with Crippen molar-refractivity contribution in [2.24, 2.45) is 0 Å². The molecule has 1 N–H and O–H groups in total. The van der Waals surface area contributed by atoms with E-state index in [-0.39, 0.29) is 18.2 Å². The quantitative estimate of drug-likeness (QED) is 0.656. The largest absolute Gasteiger partial charge is 0.504 e. The van der Waals surface area contributed by atoms with E-state index in [1.54, 1.807) is 6.07 Å². The molecule has 0 amide bonds. The van der Waals surface area contributed by atoms with Crippen molar-refractivity contribution < 1.29 is 18.7 Å². The molecule has 1 aromatic carbocycles. The molecule has 0 aliphatic rings. The second kappa shape index (κ2) is 5.53. The number of ether oxygens (including phenoxy) is 1. The Bertz CT molecular complexity index is 591. The number of phenols is 1. The van der Waals surface area contributed by atoms with Gasteiger partial charge in [-0.25, -0.2) is 4.79 Å². The normalized spacial score (nSPS) is 10.7. The van der Waals surface area contributed by atoms with Crippen LogP contribution in [0.15, 0.2) is 33.5 Å². The SMILES string of the molecule is O=c1ccc2cc(O)c(OCCCCF)cc2o1. The molecule has 5 heteroatoms. The van der Waals surface area contributed by atoms with Crippen molar-refractivity contribution in [1.29, 1.82) is 0 Å². The molecule has 2 aromatic rings. The van der Waals surface area contributed by atoms with Gasteiger partial charge in [0.1, 0.15) is 5.58 Å². The lowest BCUT2D eigenvalue weighted by Gasteiger charge is -2.08. The molecule has 0 aliphatic heterocycles. The highest BCUT2D eigenvalue weighted by Gasteiger charge is 2.07. The third-order valence-electron chi connectivity index (χ3n) is 2.49. The number of aromatic hydroxyl groups is 1. The maximum absolute atomic E-state index is 11.9. The molecule has 0 atom stereocenters. The van der Waals surface area contributed by atoms with Crippen LogP contribution >= 0.6 is 0 Å². The molecule has 0 aliphatic carbocycles. The van der Waals surface area contributed by atoms with Crippen LogP contribution in [-0.4, -0.2) is 18.4 Å². The van der Waals surface area contributed by atoms with Gasteiger partial charge in [-0.15, -0.1) is 0 Å². The lowest BCUT2D eigenvalue weighted by Crippen LogP contribution is -1.99. The van der Waals surface area contributed by atoms with Crippen molar-refractivity contribution in [2.75, 3.05) is 13.3 Å². The van der Waals surface area contributed by atoms with E-state index in [0.29, 0.717) is 30.4 Å². The predicted octanol–water partition coefficient (Wildman–Crippen LogP) is 2.63. The summed E-state index contributed by atoms with van der Waals surface area (Å²) in [4.78, 5) is 11.1. The van der Waals surface area contributed by atoms with Gasteiger partial charge in [0.2, 0.25) is 0 Å². The fourth-order valence-electron chi connectivity index (χ4n) is 1.58. The minimum absolute atomic E-state index is 0.0309. The zero-order chi connectivity index (χ0) is 13.0. The van der Waals surface area contributed by atoms with Gasteiger partial charge in [0.25, 0.3) is 0 Å². The van der Waals surface area contributed by atoms with Crippen LogP contribution in [0, 0.1) is 0 Å². The number of alkyl halides is 1. The van der Waals surface area contributed by atoms with E-state index >= 15 is 0 Å². The number of halogens is 1. The van der Waals surface area contributed by atoms with E-state index in [9.17, 15) is 14.3 Å². The fourth-order valence-corrected chi connectivity index (χ4v) is 1.58. The fraction of sp³-hybridized carbons (Fsp3) is 0.308. The van der Waals surface area contributed by atoms with Crippen LogP contribution < -0.4 is 10.4 Å².